The molecule has 0 spiro atoms. The van der Waals surface area contributed by atoms with Gasteiger partial charge in [-0.2, -0.15) is 13.2 Å². The third-order valence-corrected chi connectivity index (χ3v) is 4.10. The van der Waals surface area contributed by atoms with Crippen molar-refractivity contribution < 1.29 is 27.8 Å². The van der Waals surface area contributed by atoms with Crippen LogP contribution in [0.2, 0.25) is 0 Å². The van der Waals surface area contributed by atoms with Gasteiger partial charge in [0.25, 0.3) is 0 Å². The van der Waals surface area contributed by atoms with Crippen LogP contribution in [0.4, 0.5) is 13.2 Å². The molecule has 0 aromatic heterocycles. The van der Waals surface area contributed by atoms with Gasteiger partial charge in [-0.15, -0.1) is 0 Å². The van der Waals surface area contributed by atoms with Crippen LogP contribution in [0.15, 0.2) is 0 Å². The van der Waals surface area contributed by atoms with Gasteiger partial charge in [-0.3, -0.25) is 4.79 Å². The summed E-state index contributed by atoms with van der Waals surface area (Å²) in [4.78, 5) is 12.0. The summed E-state index contributed by atoms with van der Waals surface area (Å²) < 4.78 is 42.9. The lowest BCUT2D eigenvalue weighted by Gasteiger charge is -2.42. The molecule has 6 heteroatoms. The van der Waals surface area contributed by atoms with Gasteiger partial charge < -0.3 is 9.84 Å². The highest BCUT2D eigenvalue weighted by atomic mass is 19.4. The number of esters is 1. The van der Waals surface area contributed by atoms with Gasteiger partial charge in [0, 0.05) is 0 Å². The Morgan fingerprint density at radius 2 is 1.85 bits per heavy atom. The fourth-order valence-corrected chi connectivity index (χ4v) is 3.10. The quantitative estimate of drug-likeness (QED) is 0.810. The lowest BCUT2D eigenvalue weighted by Crippen LogP contribution is -2.49. The van der Waals surface area contributed by atoms with Crippen molar-refractivity contribution in [3.8, 4) is 0 Å². The molecule has 0 saturated heterocycles. The van der Waals surface area contributed by atoms with Crippen molar-refractivity contribution in [1.82, 2.24) is 0 Å². The standard InChI is InChI=1S/C14H23F3O3/c1-4-20-12(18)11(9(2)3)13(19)7-5-10(6-8-13)14(15,16)17/h9-11,19H,4-8H2,1-3H3. The van der Waals surface area contributed by atoms with Crippen molar-refractivity contribution in [2.45, 2.75) is 58.2 Å². The highest BCUT2D eigenvalue weighted by molar-refractivity contribution is 5.74. The van der Waals surface area contributed by atoms with Crippen LogP contribution in [-0.4, -0.2) is 29.5 Å². The second-order valence-electron chi connectivity index (χ2n) is 5.89. The third-order valence-electron chi connectivity index (χ3n) is 4.10. The van der Waals surface area contributed by atoms with Crippen LogP contribution in [0.5, 0.6) is 0 Å². The maximum Gasteiger partial charge on any atom is 0.391 e. The first-order chi connectivity index (χ1) is 9.12. The number of alkyl halides is 3. The average Bonchev–Trinajstić information content (AvgIpc) is 2.27. The van der Waals surface area contributed by atoms with Gasteiger partial charge in [0.1, 0.15) is 0 Å². The molecule has 1 saturated carbocycles. The Morgan fingerprint density at radius 1 is 1.35 bits per heavy atom. The minimum absolute atomic E-state index is 0.0150. The largest absolute Gasteiger partial charge is 0.466 e. The maximum absolute atomic E-state index is 12.7. The highest BCUT2D eigenvalue weighted by Crippen LogP contribution is 2.45. The zero-order valence-electron chi connectivity index (χ0n) is 12.2. The molecule has 20 heavy (non-hydrogen) atoms. The topological polar surface area (TPSA) is 46.5 Å². The number of hydrogen-bond donors (Lipinski definition) is 1. The van der Waals surface area contributed by atoms with Crippen LogP contribution in [0.25, 0.3) is 0 Å². The number of carbonyl (C=O) groups is 1. The Labute approximate surface area is 117 Å². The Balaban J connectivity index is 2.80. The van der Waals surface area contributed by atoms with Crippen LogP contribution >= 0.6 is 0 Å². The van der Waals surface area contributed by atoms with E-state index >= 15 is 0 Å². The molecule has 0 aromatic carbocycles. The molecule has 1 N–H and O–H groups in total. The Hall–Kier alpha value is -0.780. The van der Waals surface area contributed by atoms with Crippen molar-refractivity contribution in [3.63, 3.8) is 0 Å². The molecular weight excluding hydrogens is 273 g/mol. The second-order valence-corrected chi connectivity index (χ2v) is 5.89. The molecule has 1 fully saturated rings. The first-order valence-electron chi connectivity index (χ1n) is 7.07. The molecule has 0 aliphatic heterocycles. The van der Waals surface area contributed by atoms with Crippen molar-refractivity contribution in [2.24, 2.45) is 17.8 Å². The molecule has 0 heterocycles. The van der Waals surface area contributed by atoms with E-state index in [9.17, 15) is 23.1 Å². The number of rotatable bonds is 4. The Morgan fingerprint density at radius 3 is 2.20 bits per heavy atom. The summed E-state index contributed by atoms with van der Waals surface area (Å²) in [6.45, 7) is 5.41. The number of hydrogen-bond acceptors (Lipinski definition) is 3. The molecule has 118 valence electrons. The van der Waals surface area contributed by atoms with Crippen LogP contribution in [-0.2, 0) is 9.53 Å². The lowest BCUT2D eigenvalue weighted by molar-refractivity contribution is -0.200. The zero-order chi connectivity index (χ0) is 15.6. The highest BCUT2D eigenvalue weighted by Gasteiger charge is 2.50. The number of ether oxygens (including phenoxy) is 1. The monoisotopic (exact) mass is 296 g/mol. The summed E-state index contributed by atoms with van der Waals surface area (Å²) in [6, 6.07) is 0. The number of carbonyl (C=O) groups excluding carboxylic acids is 1. The summed E-state index contributed by atoms with van der Waals surface area (Å²) in [7, 11) is 0. The first-order valence-corrected chi connectivity index (χ1v) is 7.07. The number of halogens is 3. The van der Waals surface area contributed by atoms with E-state index in [0.717, 1.165) is 0 Å². The number of aliphatic hydroxyl groups is 1. The molecule has 0 radical (unpaired) electrons. The van der Waals surface area contributed by atoms with E-state index in [4.69, 9.17) is 4.74 Å². The van der Waals surface area contributed by atoms with Gasteiger partial charge in [-0.05, 0) is 38.5 Å². The predicted octanol–water partition coefficient (Wildman–Crippen LogP) is 3.31. The van der Waals surface area contributed by atoms with Crippen molar-refractivity contribution in [2.75, 3.05) is 6.61 Å². The molecule has 1 aliphatic carbocycles. The molecule has 0 aromatic rings. The van der Waals surface area contributed by atoms with E-state index in [-0.39, 0.29) is 38.2 Å². The molecule has 3 nitrogen and oxygen atoms in total. The van der Waals surface area contributed by atoms with E-state index < -0.39 is 29.6 Å². The molecule has 1 atom stereocenters. The summed E-state index contributed by atoms with van der Waals surface area (Å²) in [6.07, 6.45) is -4.53. The van der Waals surface area contributed by atoms with E-state index in [2.05, 4.69) is 0 Å². The van der Waals surface area contributed by atoms with Crippen LogP contribution < -0.4 is 0 Å². The van der Waals surface area contributed by atoms with Crippen molar-refractivity contribution in [3.05, 3.63) is 0 Å². The van der Waals surface area contributed by atoms with Crippen LogP contribution in [0.3, 0.4) is 0 Å². The minimum atomic E-state index is -4.22. The molecule has 1 rings (SSSR count). The molecule has 0 bridgehead atoms. The van der Waals surface area contributed by atoms with Gasteiger partial charge >= 0.3 is 12.1 Å². The maximum atomic E-state index is 12.7. The van der Waals surface area contributed by atoms with Gasteiger partial charge in [-0.25, -0.2) is 0 Å². The minimum Gasteiger partial charge on any atom is -0.466 e. The fourth-order valence-electron chi connectivity index (χ4n) is 3.10. The zero-order valence-corrected chi connectivity index (χ0v) is 12.2. The Kier molecular flexibility index (Phi) is 5.46. The second kappa shape index (κ2) is 6.33. The van der Waals surface area contributed by atoms with Gasteiger partial charge in [0.2, 0.25) is 0 Å². The van der Waals surface area contributed by atoms with Gasteiger partial charge in [-0.1, -0.05) is 13.8 Å². The van der Waals surface area contributed by atoms with E-state index in [1.54, 1.807) is 20.8 Å². The van der Waals surface area contributed by atoms with E-state index in [1.807, 2.05) is 0 Å². The third kappa shape index (κ3) is 3.87. The van der Waals surface area contributed by atoms with Crippen molar-refractivity contribution in [1.29, 1.82) is 0 Å². The smallest absolute Gasteiger partial charge is 0.391 e. The predicted molar refractivity (Wildman–Crippen MR) is 67.9 cm³/mol. The summed E-state index contributed by atoms with van der Waals surface area (Å²) >= 11 is 0. The average molecular weight is 296 g/mol. The van der Waals surface area contributed by atoms with E-state index in [1.165, 1.54) is 0 Å². The summed E-state index contributed by atoms with van der Waals surface area (Å²) in [5.41, 5.74) is -1.39. The normalized spacial score (nSPS) is 29.3. The molecule has 0 amide bonds. The molecular formula is C14H23F3O3. The Bertz CT molecular complexity index is 331. The molecule has 1 aliphatic rings. The summed E-state index contributed by atoms with van der Waals surface area (Å²) in [5.74, 6) is -2.84. The summed E-state index contributed by atoms with van der Waals surface area (Å²) in [5, 5.41) is 10.6. The van der Waals surface area contributed by atoms with E-state index in [0.29, 0.717) is 0 Å². The lowest BCUT2D eigenvalue weighted by atomic mass is 9.68. The van der Waals surface area contributed by atoms with Crippen LogP contribution in [0.1, 0.15) is 46.5 Å². The van der Waals surface area contributed by atoms with Gasteiger partial charge in [0.05, 0.1) is 24.0 Å². The SMILES string of the molecule is CCOC(=O)C(C(C)C)C1(O)CCC(C(F)(F)F)CC1. The first kappa shape index (κ1) is 17.3. The van der Waals surface area contributed by atoms with Gasteiger partial charge in [0.15, 0.2) is 0 Å². The van der Waals surface area contributed by atoms with Crippen molar-refractivity contribution >= 4 is 5.97 Å². The fraction of sp³-hybridized carbons (Fsp3) is 0.929. The molecule has 1 unspecified atom stereocenters. The van der Waals surface area contributed by atoms with Crippen LogP contribution in [0, 0.1) is 17.8 Å².